The number of rotatable bonds is 7. The lowest BCUT2D eigenvalue weighted by atomic mass is 10.1. The molecule has 3 nitrogen and oxygen atoms in total. The first-order valence-electron chi connectivity index (χ1n) is 6.89. The first kappa shape index (κ1) is 20.1. The predicted molar refractivity (Wildman–Crippen MR) is 97.1 cm³/mol. The summed E-state index contributed by atoms with van der Waals surface area (Å²) < 4.78 is 5.24. The number of ether oxygens (including phenoxy) is 1. The van der Waals surface area contributed by atoms with Crippen molar-refractivity contribution in [2.45, 2.75) is 47.1 Å². The van der Waals surface area contributed by atoms with Crippen molar-refractivity contribution in [3.63, 3.8) is 0 Å². The molecule has 0 heterocycles. The molecule has 0 spiro atoms. The van der Waals surface area contributed by atoms with Gasteiger partial charge in [-0.25, -0.2) is 9.79 Å². The molecule has 21 heavy (non-hydrogen) atoms. The lowest BCUT2D eigenvalue weighted by Crippen LogP contribution is -2.15. The van der Waals surface area contributed by atoms with Crippen LogP contribution in [0.3, 0.4) is 0 Å². The van der Waals surface area contributed by atoms with Gasteiger partial charge in [-0.3, -0.25) is 0 Å². The van der Waals surface area contributed by atoms with Crippen LogP contribution in [0.1, 0.15) is 41.0 Å². The molecule has 0 radical (unpaired) electrons. The highest BCUT2D eigenvalue weighted by atomic mass is 32.1. The first-order chi connectivity index (χ1) is 9.68. The Balaban J connectivity index is 5.62. The second-order valence-corrected chi connectivity index (χ2v) is 6.35. The van der Waals surface area contributed by atoms with E-state index in [-0.39, 0.29) is 11.8 Å². The maximum absolute atomic E-state index is 12.2. The van der Waals surface area contributed by atoms with Crippen LogP contribution in [0.25, 0.3) is 0 Å². The minimum absolute atomic E-state index is 0.206. The quantitative estimate of drug-likeness (QED) is 0.236. The molecule has 0 aliphatic rings. The van der Waals surface area contributed by atoms with Crippen LogP contribution in [-0.4, -0.2) is 17.8 Å². The average Bonchev–Trinajstić information content (AvgIpc) is 2.33. The number of nitrogens with zero attached hydrogens (tertiary/aromatic N) is 1. The molecule has 0 bridgehead atoms. The van der Waals surface area contributed by atoms with Crippen LogP contribution in [-0.2, 0) is 9.53 Å². The standard InChI is InChI=1S/C16H25NO2S2/c1-7-8-13(20)12(6)17-15(14(21)9-10(2)3)16(18)19-11(4)5/h7-8,10-11,20-21H,1,9H2,2-6H3/b13-8-,15-14-,17-12+. The van der Waals surface area contributed by atoms with Gasteiger partial charge in [0.25, 0.3) is 0 Å². The molecule has 0 rings (SSSR count). The molecular weight excluding hydrogens is 302 g/mol. The van der Waals surface area contributed by atoms with E-state index in [9.17, 15) is 4.79 Å². The van der Waals surface area contributed by atoms with E-state index in [0.717, 1.165) is 0 Å². The number of hydrogen-bond donors (Lipinski definition) is 2. The molecule has 0 N–H and O–H groups in total. The van der Waals surface area contributed by atoms with Gasteiger partial charge < -0.3 is 4.74 Å². The molecule has 0 amide bonds. The van der Waals surface area contributed by atoms with Crippen LogP contribution in [0, 0.1) is 5.92 Å². The third-order valence-electron chi connectivity index (χ3n) is 2.34. The van der Waals surface area contributed by atoms with Gasteiger partial charge in [-0.15, -0.1) is 25.3 Å². The third kappa shape index (κ3) is 8.17. The van der Waals surface area contributed by atoms with Crippen LogP contribution in [0.4, 0.5) is 0 Å². The van der Waals surface area contributed by atoms with Crippen molar-refractivity contribution in [2.24, 2.45) is 10.9 Å². The summed E-state index contributed by atoms with van der Waals surface area (Å²) in [6, 6.07) is 0. The maximum atomic E-state index is 12.2. The number of carbonyl (C=O) groups is 1. The molecule has 118 valence electrons. The van der Waals surface area contributed by atoms with Crippen molar-refractivity contribution in [3.05, 3.63) is 34.2 Å². The summed E-state index contributed by atoms with van der Waals surface area (Å²) in [5.41, 5.74) is 0.853. The zero-order chi connectivity index (χ0) is 16.6. The highest BCUT2D eigenvalue weighted by Crippen LogP contribution is 2.22. The molecule has 0 fully saturated rings. The first-order valence-corrected chi connectivity index (χ1v) is 7.78. The number of aliphatic imine (C=N–C) groups is 1. The zero-order valence-electron chi connectivity index (χ0n) is 13.4. The summed E-state index contributed by atoms with van der Waals surface area (Å²) in [6.07, 6.45) is 3.79. The van der Waals surface area contributed by atoms with Crippen molar-refractivity contribution in [1.29, 1.82) is 0 Å². The van der Waals surface area contributed by atoms with E-state index >= 15 is 0 Å². The van der Waals surface area contributed by atoms with Crippen molar-refractivity contribution >= 4 is 36.9 Å². The number of thiol groups is 2. The lowest BCUT2D eigenvalue weighted by molar-refractivity contribution is -0.142. The van der Waals surface area contributed by atoms with Crippen LogP contribution < -0.4 is 0 Å². The molecule has 0 aromatic carbocycles. The summed E-state index contributed by atoms with van der Waals surface area (Å²) in [6.45, 7) is 13.1. The Labute approximate surface area is 139 Å². The molecule has 0 aliphatic heterocycles. The highest BCUT2D eigenvalue weighted by Gasteiger charge is 2.17. The van der Waals surface area contributed by atoms with E-state index in [0.29, 0.717) is 27.9 Å². The largest absolute Gasteiger partial charge is 0.458 e. The molecule has 0 aromatic heterocycles. The van der Waals surface area contributed by atoms with Gasteiger partial charge in [0.05, 0.1) is 11.8 Å². The van der Waals surface area contributed by atoms with Gasteiger partial charge in [0.2, 0.25) is 0 Å². The van der Waals surface area contributed by atoms with E-state index in [1.165, 1.54) is 0 Å². The highest BCUT2D eigenvalue weighted by molar-refractivity contribution is 7.85. The van der Waals surface area contributed by atoms with Crippen molar-refractivity contribution < 1.29 is 9.53 Å². The van der Waals surface area contributed by atoms with Gasteiger partial charge in [-0.05, 0) is 39.2 Å². The van der Waals surface area contributed by atoms with Crippen molar-refractivity contribution in [2.75, 3.05) is 0 Å². The molecule has 0 saturated carbocycles. The summed E-state index contributed by atoms with van der Waals surface area (Å²) in [5.74, 6) is -0.0937. The minimum Gasteiger partial charge on any atom is -0.458 e. The summed E-state index contributed by atoms with van der Waals surface area (Å²) in [5, 5.41) is 0. The fourth-order valence-electron chi connectivity index (χ4n) is 1.44. The van der Waals surface area contributed by atoms with Crippen LogP contribution in [0.15, 0.2) is 39.2 Å². The maximum Gasteiger partial charge on any atom is 0.358 e. The van der Waals surface area contributed by atoms with Crippen LogP contribution in [0.5, 0.6) is 0 Å². The molecule has 0 aromatic rings. The smallest absolute Gasteiger partial charge is 0.358 e. The van der Waals surface area contributed by atoms with Gasteiger partial charge in [0, 0.05) is 9.81 Å². The number of esters is 1. The fraction of sp³-hybridized carbons (Fsp3) is 0.500. The summed E-state index contributed by atoms with van der Waals surface area (Å²) >= 11 is 8.74. The zero-order valence-corrected chi connectivity index (χ0v) is 15.2. The van der Waals surface area contributed by atoms with Gasteiger partial charge >= 0.3 is 5.97 Å². The lowest BCUT2D eigenvalue weighted by Gasteiger charge is -2.12. The SMILES string of the molecule is C=C/C=C(S)/C(C)=N/C(C(=O)OC(C)C)=C(\S)CC(C)C. The monoisotopic (exact) mass is 327 g/mol. The Morgan fingerprint density at radius 1 is 1.29 bits per heavy atom. The van der Waals surface area contributed by atoms with Crippen LogP contribution >= 0.6 is 25.3 Å². The molecular formula is C16H25NO2S2. The summed E-state index contributed by atoms with van der Waals surface area (Å²) in [4.78, 5) is 17.8. The van der Waals surface area contributed by atoms with E-state index in [4.69, 9.17) is 4.74 Å². The Hall–Kier alpha value is -0.940. The number of hydrogen-bond acceptors (Lipinski definition) is 5. The molecule has 5 heteroatoms. The van der Waals surface area contributed by atoms with Gasteiger partial charge in [0.1, 0.15) is 0 Å². The Morgan fingerprint density at radius 3 is 2.29 bits per heavy atom. The topological polar surface area (TPSA) is 38.7 Å². The molecule has 0 aliphatic carbocycles. The van der Waals surface area contributed by atoms with E-state index in [2.05, 4.69) is 50.7 Å². The Morgan fingerprint density at radius 2 is 1.86 bits per heavy atom. The van der Waals surface area contributed by atoms with Crippen molar-refractivity contribution in [1.82, 2.24) is 0 Å². The predicted octanol–water partition coefficient (Wildman–Crippen LogP) is 4.59. The van der Waals surface area contributed by atoms with Crippen LogP contribution in [0.2, 0.25) is 0 Å². The molecule has 0 saturated heterocycles. The molecule has 0 unspecified atom stereocenters. The number of carbonyl (C=O) groups excluding carboxylic acids is 1. The minimum atomic E-state index is -0.463. The summed E-state index contributed by atoms with van der Waals surface area (Å²) in [7, 11) is 0. The van der Waals surface area contributed by atoms with Gasteiger partial charge in [-0.1, -0.05) is 26.5 Å². The third-order valence-corrected chi connectivity index (χ3v) is 3.20. The Bertz CT molecular complexity index is 475. The van der Waals surface area contributed by atoms with Crippen molar-refractivity contribution in [3.8, 4) is 0 Å². The average molecular weight is 328 g/mol. The van der Waals surface area contributed by atoms with Gasteiger partial charge in [0.15, 0.2) is 5.70 Å². The second-order valence-electron chi connectivity index (χ2n) is 5.33. The second kappa shape index (κ2) is 9.90. The van der Waals surface area contributed by atoms with E-state index in [1.807, 2.05) is 0 Å². The molecule has 0 atom stereocenters. The fourth-order valence-corrected chi connectivity index (χ4v) is 2.10. The van der Waals surface area contributed by atoms with E-state index in [1.54, 1.807) is 32.9 Å². The van der Waals surface area contributed by atoms with Gasteiger partial charge in [-0.2, -0.15) is 0 Å². The number of allylic oxidation sites excluding steroid dienone is 4. The normalized spacial score (nSPS) is 14.3. The van der Waals surface area contributed by atoms with E-state index < -0.39 is 5.97 Å². The Kier molecular flexibility index (Phi) is 9.46.